The largest absolute Gasteiger partial charge is 0.446 e. The van der Waals surface area contributed by atoms with Gasteiger partial charge in [0.05, 0.1) is 30.7 Å². The number of hydrogen-bond acceptors (Lipinski definition) is 9. The summed E-state index contributed by atoms with van der Waals surface area (Å²) in [6.45, 7) is 4.49. The molecule has 0 radical (unpaired) electrons. The van der Waals surface area contributed by atoms with Gasteiger partial charge in [-0.2, -0.15) is 5.26 Å². The number of fused-ring (bicyclic) bond motifs is 1. The van der Waals surface area contributed by atoms with Gasteiger partial charge in [-0.3, -0.25) is 4.79 Å². The van der Waals surface area contributed by atoms with Crippen molar-refractivity contribution in [3.05, 3.63) is 18.6 Å². The Morgan fingerprint density at radius 1 is 1.34 bits per heavy atom. The van der Waals surface area contributed by atoms with E-state index in [2.05, 4.69) is 16.9 Å². The van der Waals surface area contributed by atoms with Crippen LogP contribution >= 0.6 is 0 Å². The first-order valence-electron chi connectivity index (χ1n) is 10.6. The number of carbonyl (C=O) groups excluding carboxylic acids is 2. The Bertz CT molecular complexity index is 986. The Labute approximate surface area is 186 Å². The van der Waals surface area contributed by atoms with Crippen LogP contribution in [-0.2, 0) is 14.3 Å². The number of nitriles is 1. The lowest BCUT2D eigenvalue weighted by atomic mass is 9.92. The van der Waals surface area contributed by atoms with E-state index < -0.39 is 6.09 Å². The fourth-order valence-electron chi connectivity index (χ4n) is 3.93. The fraction of sp³-hybridized carbons (Fsp3) is 0.571. The molecule has 1 saturated heterocycles. The van der Waals surface area contributed by atoms with Gasteiger partial charge < -0.3 is 25.0 Å². The van der Waals surface area contributed by atoms with E-state index in [-0.39, 0.29) is 31.6 Å². The summed E-state index contributed by atoms with van der Waals surface area (Å²) in [5.74, 6) is 0.825. The molecule has 1 aliphatic heterocycles. The van der Waals surface area contributed by atoms with E-state index in [0.717, 1.165) is 6.42 Å². The minimum atomic E-state index is -0.553. The molecule has 2 atom stereocenters. The molecule has 172 valence electrons. The second-order valence-electron chi connectivity index (χ2n) is 7.75. The van der Waals surface area contributed by atoms with Crippen LogP contribution in [0.4, 0.5) is 10.6 Å². The maximum atomic E-state index is 12.5. The van der Waals surface area contributed by atoms with Crippen LogP contribution in [0, 0.1) is 17.2 Å². The predicted molar refractivity (Wildman–Crippen MR) is 117 cm³/mol. The molecule has 0 unspecified atom stereocenters. The summed E-state index contributed by atoms with van der Waals surface area (Å²) in [7, 11) is 1.92. The molecule has 2 N–H and O–H groups in total. The lowest BCUT2D eigenvalue weighted by molar-refractivity contribution is -0.131. The van der Waals surface area contributed by atoms with E-state index in [1.165, 1.54) is 10.9 Å². The van der Waals surface area contributed by atoms with Crippen molar-refractivity contribution in [2.45, 2.75) is 25.8 Å². The Balaban J connectivity index is 1.76. The average Bonchev–Trinajstić information content (AvgIpc) is 3.23. The molecule has 0 saturated carbocycles. The highest BCUT2D eigenvalue weighted by Crippen LogP contribution is 2.29. The summed E-state index contributed by atoms with van der Waals surface area (Å²) in [5.41, 5.74) is 5.80. The van der Waals surface area contributed by atoms with Gasteiger partial charge in [0.2, 0.25) is 5.91 Å². The zero-order chi connectivity index (χ0) is 23.1. The van der Waals surface area contributed by atoms with Crippen molar-refractivity contribution in [1.82, 2.24) is 19.4 Å². The third kappa shape index (κ3) is 5.15. The van der Waals surface area contributed by atoms with E-state index in [1.54, 1.807) is 17.2 Å². The van der Waals surface area contributed by atoms with Gasteiger partial charge in [-0.05, 0) is 18.4 Å². The first kappa shape index (κ1) is 23.4. The number of nitrogens with zero attached hydrogens (tertiary/aromatic N) is 6. The van der Waals surface area contributed by atoms with Gasteiger partial charge in [-0.15, -0.1) is 0 Å². The van der Waals surface area contributed by atoms with Crippen molar-refractivity contribution in [2.24, 2.45) is 11.7 Å². The lowest BCUT2D eigenvalue weighted by Crippen LogP contribution is -2.52. The predicted octanol–water partition coefficient (Wildman–Crippen LogP) is 0.978. The van der Waals surface area contributed by atoms with E-state index in [0.29, 0.717) is 49.0 Å². The highest BCUT2D eigenvalue weighted by molar-refractivity contribution is 5.93. The Morgan fingerprint density at radius 2 is 2.16 bits per heavy atom. The summed E-state index contributed by atoms with van der Waals surface area (Å²) in [5, 5.41) is 9.56. The smallest absolute Gasteiger partial charge is 0.419 e. The monoisotopic (exact) mass is 443 g/mol. The van der Waals surface area contributed by atoms with Crippen LogP contribution in [0.2, 0.25) is 0 Å². The van der Waals surface area contributed by atoms with Gasteiger partial charge >= 0.3 is 6.09 Å². The third-order valence-electron chi connectivity index (χ3n) is 5.71. The molecule has 3 rings (SSSR count). The number of rotatable bonds is 8. The topological polar surface area (TPSA) is 140 Å². The van der Waals surface area contributed by atoms with Gasteiger partial charge in [0.15, 0.2) is 5.65 Å². The second-order valence-corrected chi connectivity index (χ2v) is 7.75. The van der Waals surface area contributed by atoms with Crippen LogP contribution in [0.15, 0.2) is 18.6 Å². The van der Waals surface area contributed by atoms with Crippen LogP contribution in [-0.4, -0.2) is 84.0 Å². The Kier molecular flexibility index (Phi) is 7.97. The minimum Gasteiger partial charge on any atom is -0.446 e. The Morgan fingerprint density at radius 3 is 2.91 bits per heavy atom. The molecule has 0 spiro atoms. The number of amides is 1. The number of carbonyl (C=O) groups is 2. The molecule has 2 aromatic rings. The van der Waals surface area contributed by atoms with Crippen molar-refractivity contribution in [3.8, 4) is 6.07 Å². The Hall–Kier alpha value is -3.23. The van der Waals surface area contributed by atoms with Crippen LogP contribution in [0.25, 0.3) is 11.0 Å². The number of likely N-dealkylation sites (tertiary alicyclic amines) is 1. The molecule has 11 nitrogen and oxygen atoms in total. The first-order chi connectivity index (χ1) is 15.5. The van der Waals surface area contributed by atoms with Crippen LogP contribution in [0.5, 0.6) is 0 Å². The van der Waals surface area contributed by atoms with E-state index in [9.17, 15) is 9.59 Å². The number of aromatic nitrogens is 3. The van der Waals surface area contributed by atoms with Gasteiger partial charge in [0.25, 0.3) is 0 Å². The second kappa shape index (κ2) is 10.9. The molecule has 0 aliphatic carbocycles. The van der Waals surface area contributed by atoms with Crippen molar-refractivity contribution in [2.75, 3.05) is 51.4 Å². The molecule has 1 amide bonds. The number of piperidine rings is 1. The maximum absolute atomic E-state index is 12.5. The maximum Gasteiger partial charge on any atom is 0.419 e. The van der Waals surface area contributed by atoms with Crippen molar-refractivity contribution in [1.29, 1.82) is 5.26 Å². The third-order valence-corrected chi connectivity index (χ3v) is 5.71. The van der Waals surface area contributed by atoms with E-state index in [4.69, 9.17) is 20.5 Å². The zero-order valence-electron chi connectivity index (χ0n) is 18.4. The molecule has 1 fully saturated rings. The number of anilines is 1. The van der Waals surface area contributed by atoms with Gasteiger partial charge in [-0.25, -0.2) is 19.3 Å². The molecular formula is C21H29N7O4. The summed E-state index contributed by atoms with van der Waals surface area (Å²) in [6.07, 6.45) is 3.18. The zero-order valence-corrected chi connectivity index (χ0v) is 18.4. The normalized spacial score (nSPS) is 18.4. The van der Waals surface area contributed by atoms with Gasteiger partial charge in [-0.1, -0.05) is 6.92 Å². The molecule has 3 heterocycles. The van der Waals surface area contributed by atoms with Crippen LogP contribution < -0.4 is 10.6 Å². The average molecular weight is 444 g/mol. The van der Waals surface area contributed by atoms with Crippen molar-refractivity contribution in [3.63, 3.8) is 0 Å². The highest BCUT2D eigenvalue weighted by atomic mass is 16.6. The number of ether oxygens (including phenoxy) is 2. The summed E-state index contributed by atoms with van der Waals surface area (Å²) in [6, 6.07) is 3.72. The van der Waals surface area contributed by atoms with Gasteiger partial charge in [0.1, 0.15) is 25.2 Å². The summed E-state index contributed by atoms with van der Waals surface area (Å²) >= 11 is 0. The van der Waals surface area contributed by atoms with E-state index in [1.807, 2.05) is 18.0 Å². The molecule has 1 aliphatic rings. The van der Waals surface area contributed by atoms with Gasteiger partial charge in [0, 0.05) is 32.9 Å². The number of nitrogens with two attached hydrogens (primary N) is 1. The van der Waals surface area contributed by atoms with Crippen molar-refractivity contribution < 1.29 is 19.1 Å². The first-order valence-corrected chi connectivity index (χ1v) is 10.6. The van der Waals surface area contributed by atoms with E-state index >= 15 is 0 Å². The van der Waals surface area contributed by atoms with Crippen molar-refractivity contribution >= 4 is 28.9 Å². The minimum absolute atomic E-state index is 0.0134. The van der Waals surface area contributed by atoms with Crippen LogP contribution in [0.1, 0.15) is 19.8 Å². The quantitative estimate of drug-likeness (QED) is 0.591. The SMILES string of the molecule is C[C@@H]1CCN(C(=O)CC#N)C[C@@H]1N(C)c1ncnc2c1ccn2C(=O)OCCOCCN. The number of hydrogen-bond donors (Lipinski definition) is 1. The molecule has 11 heteroatoms. The molecule has 0 bridgehead atoms. The molecule has 32 heavy (non-hydrogen) atoms. The lowest BCUT2D eigenvalue weighted by Gasteiger charge is -2.42. The standard InChI is InChI=1S/C21H29N7O4/c1-15-4-8-27(18(29)3-6-22)13-17(15)26(2)19-16-5-9-28(20(16)25-14-24-19)21(30)32-12-11-31-10-7-23/h5,9,14-15,17H,3-4,7-8,10-13,23H2,1-2H3/t15-,17+/m1/s1. The fourth-order valence-corrected chi connectivity index (χ4v) is 3.93. The highest BCUT2D eigenvalue weighted by Gasteiger charge is 2.32. The molecule has 2 aromatic heterocycles. The number of likely N-dealkylation sites (N-methyl/N-ethyl adjacent to an activating group) is 1. The summed E-state index contributed by atoms with van der Waals surface area (Å²) < 4.78 is 11.8. The van der Waals surface area contributed by atoms with Crippen LogP contribution in [0.3, 0.4) is 0 Å². The molecule has 0 aromatic carbocycles. The molecular weight excluding hydrogens is 414 g/mol. The summed E-state index contributed by atoms with van der Waals surface area (Å²) in [4.78, 5) is 37.2.